The molecule has 0 unspecified atom stereocenters. The minimum atomic E-state index is -3.50. The molecule has 1 aliphatic rings. The van der Waals surface area contributed by atoms with Gasteiger partial charge in [-0.05, 0) is 25.0 Å². The average molecular weight is 325 g/mol. The minimum absolute atomic E-state index is 0.170. The van der Waals surface area contributed by atoms with E-state index < -0.39 is 10.0 Å². The number of aliphatic imine (C=N–C) groups is 1. The van der Waals surface area contributed by atoms with E-state index in [-0.39, 0.29) is 11.4 Å². The largest absolute Gasteiger partial charge is 0.355 e. The summed E-state index contributed by atoms with van der Waals surface area (Å²) in [4.78, 5) is 8.13. The van der Waals surface area contributed by atoms with Crippen molar-refractivity contribution in [2.24, 2.45) is 4.99 Å². The molecule has 0 bridgehead atoms. The molecule has 0 atom stereocenters. The molecule has 7 nitrogen and oxygen atoms in total. The van der Waals surface area contributed by atoms with Crippen LogP contribution in [0.5, 0.6) is 0 Å². The lowest BCUT2D eigenvalue weighted by atomic mass is 10.2. The van der Waals surface area contributed by atoms with Gasteiger partial charge in [-0.25, -0.2) is 13.1 Å². The smallest absolute Gasteiger partial charge is 0.242 e. The molecule has 0 aromatic carbocycles. The lowest BCUT2D eigenvalue weighted by Gasteiger charge is -2.16. The molecule has 1 aliphatic carbocycles. The molecule has 0 radical (unpaired) electrons. The third kappa shape index (κ3) is 4.96. The third-order valence-corrected chi connectivity index (χ3v) is 5.02. The normalized spacial score (nSPS) is 16.7. The molecular formula is C14H23N5O2S. The fourth-order valence-electron chi connectivity index (χ4n) is 2.41. The maximum absolute atomic E-state index is 12.0. The van der Waals surface area contributed by atoms with Gasteiger partial charge in [-0.15, -0.1) is 0 Å². The highest BCUT2D eigenvalue weighted by atomic mass is 32.2. The van der Waals surface area contributed by atoms with Crippen LogP contribution in [0.15, 0.2) is 34.4 Å². The molecule has 3 N–H and O–H groups in total. The van der Waals surface area contributed by atoms with E-state index in [0.717, 1.165) is 12.8 Å². The summed E-state index contributed by atoms with van der Waals surface area (Å²) in [5, 5.41) is 6.46. The zero-order valence-electron chi connectivity index (χ0n) is 12.7. The zero-order chi connectivity index (χ0) is 15.8. The van der Waals surface area contributed by atoms with E-state index in [1.165, 1.54) is 25.1 Å². The lowest BCUT2D eigenvalue weighted by molar-refractivity contribution is 0.578. The van der Waals surface area contributed by atoms with Crippen LogP contribution < -0.4 is 15.4 Å². The van der Waals surface area contributed by atoms with Crippen molar-refractivity contribution in [2.45, 2.75) is 36.6 Å². The molecule has 0 saturated heterocycles. The predicted molar refractivity (Wildman–Crippen MR) is 86.2 cm³/mol. The molecule has 8 heteroatoms. The first-order chi connectivity index (χ1) is 10.6. The van der Waals surface area contributed by atoms with Gasteiger partial charge >= 0.3 is 0 Å². The summed E-state index contributed by atoms with van der Waals surface area (Å²) in [6.07, 6.45) is 7.69. The summed E-state index contributed by atoms with van der Waals surface area (Å²) in [7, 11) is -1.79. The van der Waals surface area contributed by atoms with Gasteiger partial charge in [0.1, 0.15) is 4.90 Å². The van der Waals surface area contributed by atoms with Crippen LogP contribution in [0.3, 0.4) is 0 Å². The van der Waals surface area contributed by atoms with E-state index in [1.54, 1.807) is 19.3 Å². The van der Waals surface area contributed by atoms with Gasteiger partial charge in [0.15, 0.2) is 5.96 Å². The number of hydrogen-bond acceptors (Lipinski definition) is 4. The first-order valence-corrected chi connectivity index (χ1v) is 8.97. The third-order valence-electron chi connectivity index (χ3n) is 3.57. The highest BCUT2D eigenvalue weighted by molar-refractivity contribution is 7.89. The van der Waals surface area contributed by atoms with Crippen LogP contribution in [-0.4, -0.2) is 45.5 Å². The molecule has 0 aliphatic heterocycles. The maximum atomic E-state index is 12.0. The van der Waals surface area contributed by atoms with Crippen molar-refractivity contribution in [3.8, 4) is 0 Å². The molecule has 122 valence electrons. The Morgan fingerprint density at radius 3 is 2.77 bits per heavy atom. The topological polar surface area (TPSA) is 95.5 Å². The van der Waals surface area contributed by atoms with Gasteiger partial charge in [-0.3, -0.25) is 9.98 Å². The highest BCUT2D eigenvalue weighted by Gasteiger charge is 2.16. The van der Waals surface area contributed by atoms with Crippen LogP contribution in [0.2, 0.25) is 0 Å². The zero-order valence-corrected chi connectivity index (χ0v) is 13.6. The second-order valence-corrected chi connectivity index (χ2v) is 6.98. The van der Waals surface area contributed by atoms with Crippen molar-refractivity contribution >= 4 is 16.0 Å². The lowest BCUT2D eigenvalue weighted by Crippen LogP contribution is -2.44. The Labute approximate surface area is 131 Å². The van der Waals surface area contributed by atoms with Crippen LogP contribution >= 0.6 is 0 Å². The molecule has 1 aromatic rings. The van der Waals surface area contributed by atoms with Crippen LogP contribution in [-0.2, 0) is 10.0 Å². The van der Waals surface area contributed by atoms with Crippen molar-refractivity contribution in [3.05, 3.63) is 24.5 Å². The molecule has 1 fully saturated rings. The Kier molecular flexibility index (Phi) is 6.14. The average Bonchev–Trinajstić information content (AvgIpc) is 3.04. The van der Waals surface area contributed by atoms with Crippen LogP contribution in [0.4, 0.5) is 0 Å². The number of sulfonamides is 1. The van der Waals surface area contributed by atoms with E-state index in [2.05, 4.69) is 25.3 Å². The molecule has 0 spiro atoms. The van der Waals surface area contributed by atoms with E-state index in [9.17, 15) is 8.42 Å². The summed E-state index contributed by atoms with van der Waals surface area (Å²) < 4.78 is 26.5. The van der Waals surface area contributed by atoms with Crippen LogP contribution in [0.25, 0.3) is 0 Å². The van der Waals surface area contributed by atoms with Gasteiger partial charge in [0.05, 0.1) is 0 Å². The first kappa shape index (κ1) is 16.7. The molecule has 22 heavy (non-hydrogen) atoms. The summed E-state index contributed by atoms with van der Waals surface area (Å²) in [6.45, 7) is 0.745. The van der Waals surface area contributed by atoms with Gasteiger partial charge in [0, 0.05) is 38.6 Å². The van der Waals surface area contributed by atoms with Crippen molar-refractivity contribution in [1.82, 2.24) is 20.3 Å². The number of guanidine groups is 1. The Bertz CT molecular complexity index is 583. The molecule has 0 amide bonds. The summed E-state index contributed by atoms with van der Waals surface area (Å²) >= 11 is 0. The Balaban J connectivity index is 1.74. The number of pyridine rings is 1. The van der Waals surface area contributed by atoms with E-state index in [0.29, 0.717) is 18.5 Å². The van der Waals surface area contributed by atoms with E-state index >= 15 is 0 Å². The van der Waals surface area contributed by atoms with Crippen molar-refractivity contribution in [2.75, 3.05) is 20.1 Å². The van der Waals surface area contributed by atoms with Gasteiger partial charge in [-0.1, -0.05) is 12.8 Å². The molecule has 1 saturated carbocycles. The van der Waals surface area contributed by atoms with Gasteiger partial charge in [-0.2, -0.15) is 0 Å². The second kappa shape index (κ2) is 8.09. The molecule has 1 aromatic heterocycles. The fourth-order valence-corrected chi connectivity index (χ4v) is 3.41. The van der Waals surface area contributed by atoms with Crippen LogP contribution in [0.1, 0.15) is 25.7 Å². The number of aromatic nitrogens is 1. The number of nitrogens with zero attached hydrogens (tertiary/aromatic N) is 2. The highest BCUT2D eigenvalue weighted by Crippen LogP contribution is 2.17. The first-order valence-electron chi connectivity index (χ1n) is 7.49. The second-order valence-electron chi connectivity index (χ2n) is 5.21. The Morgan fingerprint density at radius 1 is 1.36 bits per heavy atom. The molecule has 1 heterocycles. The monoisotopic (exact) mass is 325 g/mol. The number of hydrogen-bond donors (Lipinski definition) is 3. The predicted octanol–water partition coefficient (Wildman–Crippen LogP) is 0.468. The standard InChI is InChI=1S/C14H23N5O2S/c1-15-14(19-12-5-2-3-6-12)17-9-10-18-22(20,21)13-7-4-8-16-11-13/h4,7-8,11-12,18H,2-3,5-6,9-10H2,1H3,(H2,15,17,19). The van der Waals surface area contributed by atoms with E-state index in [1.807, 2.05) is 0 Å². The Hall–Kier alpha value is -1.67. The van der Waals surface area contributed by atoms with Crippen LogP contribution in [0, 0.1) is 0 Å². The van der Waals surface area contributed by atoms with Gasteiger partial charge < -0.3 is 10.6 Å². The SMILES string of the molecule is CN=C(NCCNS(=O)(=O)c1cccnc1)NC1CCCC1. The summed E-state index contributed by atoms with van der Waals surface area (Å²) in [6, 6.07) is 3.59. The van der Waals surface area contributed by atoms with Crippen molar-refractivity contribution in [3.63, 3.8) is 0 Å². The Morgan fingerprint density at radius 2 is 2.14 bits per heavy atom. The summed E-state index contributed by atoms with van der Waals surface area (Å²) in [5.41, 5.74) is 0. The quantitative estimate of drug-likeness (QED) is 0.401. The van der Waals surface area contributed by atoms with Gasteiger partial charge in [0.25, 0.3) is 0 Å². The maximum Gasteiger partial charge on any atom is 0.242 e. The fraction of sp³-hybridized carbons (Fsp3) is 0.571. The van der Waals surface area contributed by atoms with Crippen molar-refractivity contribution < 1.29 is 8.42 Å². The molecular weight excluding hydrogens is 302 g/mol. The molecule has 2 rings (SSSR count). The minimum Gasteiger partial charge on any atom is -0.355 e. The van der Waals surface area contributed by atoms with E-state index in [4.69, 9.17) is 0 Å². The van der Waals surface area contributed by atoms with Gasteiger partial charge in [0.2, 0.25) is 10.0 Å². The van der Waals surface area contributed by atoms with Crippen molar-refractivity contribution in [1.29, 1.82) is 0 Å². The number of rotatable bonds is 6. The number of nitrogens with one attached hydrogen (secondary N) is 3. The summed E-state index contributed by atoms with van der Waals surface area (Å²) in [5.74, 6) is 0.715.